The number of hydrogen-bond donors (Lipinski definition) is 0. The van der Waals surface area contributed by atoms with Gasteiger partial charge in [0.1, 0.15) is 10.6 Å². The maximum absolute atomic E-state index is 11.5. The summed E-state index contributed by atoms with van der Waals surface area (Å²) in [5, 5.41) is 0. The number of methoxy groups -OCH3 is 2. The fourth-order valence-corrected chi connectivity index (χ4v) is 1.96. The van der Waals surface area contributed by atoms with Gasteiger partial charge in [0.15, 0.2) is 0 Å². The Hall–Kier alpha value is -1.03. The second-order valence-corrected chi connectivity index (χ2v) is 4.48. The molecule has 0 aliphatic carbocycles. The number of esters is 1. The summed E-state index contributed by atoms with van der Waals surface area (Å²) in [7, 11) is 2.95. The smallest absolute Gasteiger partial charge is 0.324 e. The molecule has 0 aliphatic heterocycles. The molecular formula is C12H15BrO3. The van der Waals surface area contributed by atoms with Gasteiger partial charge in [-0.05, 0) is 31.0 Å². The fraction of sp³-hybridized carbons (Fsp3) is 0.417. The first-order valence-corrected chi connectivity index (χ1v) is 5.79. The number of carbonyl (C=O) groups excluding carboxylic acids is 1. The van der Waals surface area contributed by atoms with Gasteiger partial charge in [-0.3, -0.25) is 4.79 Å². The van der Waals surface area contributed by atoms with Crippen LogP contribution in [0.15, 0.2) is 12.1 Å². The van der Waals surface area contributed by atoms with Crippen LogP contribution in [0, 0.1) is 13.8 Å². The van der Waals surface area contributed by atoms with Crippen LogP contribution in [0.4, 0.5) is 0 Å². The molecule has 0 amide bonds. The minimum atomic E-state index is -0.494. The molecule has 1 atom stereocenters. The predicted octanol–water partition coefficient (Wildman–Crippen LogP) is 2.92. The second-order valence-electron chi connectivity index (χ2n) is 3.56. The first kappa shape index (κ1) is 13.0. The zero-order valence-electron chi connectivity index (χ0n) is 9.83. The van der Waals surface area contributed by atoms with Crippen molar-refractivity contribution in [3.63, 3.8) is 0 Å². The van der Waals surface area contributed by atoms with Gasteiger partial charge in [0.05, 0.1) is 14.2 Å². The van der Waals surface area contributed by atoms with Crippen molar-refractivity contribution >= 4 is 21.9 Å². The minimum absolute atomic E-state index is 0.332. The number of ether oxygens (including phenoxy) is 2. The van der Waals surface area contributed by atoms with Crippen LogP contribution in [0.3, 0.4) is 0 Å². The Morgan fingerprint density at radius 2 is 1.81 bits per heavy atom. The lowest BCUT2D eigenvalue weighted by Gasteiger charge is -2.14. The molecule has 0 saturated heterocycles. The van der Waals surface area contributed by atoms with Crippen molar-refractivity contribution < 1.29 is 14.3 Å². The summed E-state index contributed by atoms with van der Waals surface area (Å²) in [6.07, 6.45) is 0. The molecule has 1 aromatic rings. The van der Waals surface area contributed by atoms with E-state index in [1.807, 2.05) is 26.0 Å². The van der Waals surface area contributed by atoms with Gasteiger partial charge in [-0.1, -0.05) is 22.0 Å². The van der Waals surface area contributed by atoms with Crippen molar-refractivity contribution in [2.24, 2.45) is 0 Å². The van der Waals surface area contributed by atoms with E-state index < -0.39 is 4.83 Å². The third-order valence-corrected chi connectivity index (χ3v) is 3.39. The number of alkyl halides is 1. The average Bonchev–Trinajstić information content (AvgIpc) is 2.30. The highest BCUT2D eigenvalue weighted by Gasteiger charge is 2.22. The minimum Gasteiger partial charge on any atom is -0.496 e. The monoisotopic (exact) mass is 286 g/mol. The first-order chi connectivity index (χ1) is 7.51. The molecule has 1 unspecified atom stereocenters. The van der Waals surface area contributed by atoms with Crippen LogP contribution in [0.5, 0.6) is 5.75 Å². The van der Waals surface area contributed by atoms with Gasteiger partial charge in [0.2, 0.25) is 0 Å². The summed E-state index contributed by atoms with van der Waals surface area (Å²) >= 11 is 3.31. The normalized spacial score (nSPS) is 12.1. The fourth-order valence-electron chi connectivity index (χ4n) is 1.42. The Bertz CT molecular complexity index is 401. The van der Waals surface area contributed by atoms with Gasteiger partial charge in [0, 0.05) is 5.56 Å². The average molecular weight is 287 g/mol. The number of halogens is 1. The number of rotatable bonds is 3. The molecule has 0 fully saturated rings. The lowest BCUT2D eigenvalue weighted by molar-refractivity contribution is -0.139. The number of carbonyl (C=O) groups is 1. The largest absolute Gasteiger partial charge is 0.496 e. The van der Waals surface area contributed by atoms with Gasteiger partial charge in [0.25, 0.3) is 0 Å². The van der Waals surface area contributed by atoms with Crippen LogP contribution in [0.2, 0.25) is 0 Å². The number of aryl methyl sites for hydroxylation is 2. The maximum Gasteiger partial charge on any atom is 0.324 e. The zero-order valence-corrected chi connectivity index (χ0v) is 11.4. The van der Waals surface area contributed by atoms with Gasteiger partial charge >= 0.3 is 5.97 Å². The molecule has 0 aromatic heterocycles. The Morgan fingerprint density at radius 3 is 2.31 bits per heavy atom. The van der Waals surface area contributed by atoms with E-state index in [-0.39, 0.29) is 5.97 Å². The summed E-state index contributed by atoms with van der Waals surface area (Å²) in [5.41, 5.74) is 3.03. The van der Waals surface area contributed by atoms with E-state index in [1.54, 1.807) is 7.11 Å². The molecule has 88 valence electrons. The lowest BCUT2D eigenvalue weighted by Crippen LogP contribution is -2.10. The zero-order chi connectivity index (χ0) is 12.3. The Labute approximate surface area is 104 Å². The highest BCUT2D eigenvalue weighted by atomic mass is 79.9. The van der Waals surface area contributed by atoms with Crippen molar-refractivity contribution in [1.29, 1.82) is 0 Å². The highest BCUT2D eigenvalue weighted by Crippen LogP contribution is 2.34. The summed E-state index contributed by atoms with van der Waals surface area (Å²) in [4.78, 5) is 11.0. The van der Waals surface area contributed by atoms with Crippen molar-refractivity contribution in [2.75, 3.05) is 14.2 Å². The molecule has 0 aliphatic rings. The third-order valence-electron chi connectivity index (χ3n) is 2.53. The van der Waals surface area contributed by atoms with E-state index in [9.17, 15) is 4.79 Å². The van der Waals surface area contributed by atoms with E-state index >= 15 is 0 Å². The highest BCUT2D eigenvalue weighted by molar-refractivity contribution is 9.09. The first-order valence-electron chi connectivity index (χ1n) is 4.88. The van der Waals surface area contributed by atoms with Crippen molar-refractivity contribution in [2.45, 2.75) is 18.7 Å². The van der Waals surface area contributed by atoms with Crippen molar-refractivity contribution in [3.05, 3.63) is 28.8 Å². The molecule has 0 heterocycles. The summed E-state index contributed by atoms with van der Waals surface area (Å²) in [5.74, 6) is 0.358. The Kier molecular flexibility index (Phi) is 4.35. The molecule has 1 aromatic carbocycles. The van der Waals surface area contributed by atoms with E-state index in [1.165, 1.54) is 7.11 Å². The van der Waals surface area contributed by atoms with Crippen LogP contribution < -0.4 is 4.74 Å². The Balaban J connectivity index is 3.21. The molecule has 0 spiro atoms. The van der Waals surface area contributed by atoms with Gasteiger partial charge < -0.3 is 9.47 Å². The molecule has 0 saturated carbocycles. The molecule has 0 bridgehead atoms. The molecule has 0 radical (unpaired) electrons. The van der Waals surface area contributed by atoms with Gasteiger partial charge in [-0.15, -0.1) is 0 Å². The van der Waals surface area contributed by atoms with Gasteiger partial charge in [-0.2, -0.15) is 0 Å². The van der Waals surface area contributed by atoms with Crippen LogP contribution in [0.25, 0.3) is 0 Å². The summed E-state index contributed by atoms with van der Waals surface area (Å²) < 4.78 is 9.95. The molecular weight excluding hydrogens is 272 g/mol. The molecule has 16 heavy (non-hydrogen) atoms. The topological polar surface area (TPSA) is 35.5 Å². The van der Waals surface area contributed by atoms with E-state index in [0.29, 0.717) is 5.75 Å². The predicted molar refractivity (Wildman–Crippen MR) is 66.2 cm³/mol. The van der Waals surface area contributed by atoms with Crippen LogP contribution in [-0.2, 0) is 9.53 Å². The molecule has 4 heteroatoms. The van der Waals surface area contributed by atoms with E-state index in [2.05, 4.69) is 15.9 Å². The van der Waals surface area contributed by atoms with Crippen molar-refractivity contribution in [3.8, 4) is 5.75 Å². The summed E-state index contributed by atoms with van der Waals surface area (Å²) in [6, 6.07) is 3.85. The number of hydrogen-bond acceptors (Lipinski definition) is 3. The van der Waals surface area contributed by atoms with Crippen LogP contribution in [0.1, 0.15) is 21.5 Å². The SMILES string of the molecule is COC(=O)C(Br)c1cc(C)c(C)cc1OC. The van der Waals surface area contributed by atoms with E-state index in [4.69, 9.17) is 9.47 Å². The standard InChI is InChI=1S/C12H15BrO3/c1-7-5-9(11(13)12(14)16-4)10(15-3)6-8(7)2/h5-6,11H,1-4H3. The molecule has 0 N–H and O–H groups in total. The van der Waals surface area contributed by atoms with Crippen molar-refractivity contribution in [1.82, 2.24) is 0 Å². The quantitative estimate of drug-likeness (QED) is 0.633. The summed E-state index contributed by atoms with van der Waals surface area (Å²) in [6.45, 7) is 4.00. The maximum atomic E-state index is 11.5. The third kappa shape index (κ3) is 2.55. The second kappa shape index (κ2) is 5.34. The number of benzene rings is 1. The van der Waals surface area contributed by atoms with Crippen LogP contribution in [-0.4, -0.2) is 20.2 Å². The Morgan fingerprint density at radius 1 is 1.25 bits per heavy atom. The van der Waals surface area contributed by atoms with E-state index in [0.717, 1.165) is 16.7 Å². The lowest BCUT2D eigenvalue weighted by atomic mass is 10.0. The molecule has 1 rings (SSSR count). The van der Waals surface area contributed by atoms with Gasteiger partial charge in [-0.25, -0.2) is 0 Å². The molecule has 3 nitrogen and oxygen atoms in total. The van der Waals surface area contributed by atoms with Crippen LogP contribution >= 0.6 is 15.9 Å².